The first kappa shape index (κ1) is 22.5. The molecule has 6 nitrogen and oxygen atoms in total. The fraction of sp³-hybridized carbons (Fsp3) is 0.0870. The van der Waals surface area contributed by atoms with Crippen molar-refractivity contribution in [3.05, 3.63) is 92.9 Å². The number of halogens is 2. The summed E-state index contributed by atoms with van der Waals surface area (Å²) in [6.07, 6.45) is 1.48. The first-order valence-corrected chi connectivity index (χ1v) is 10.5. The van der Waals surface area contributed by atoms with Crippen LogP contribution in [0.4, 0.5) is 0 Å². The average molecular weight is 502 g/mol. The van der Waals surface area contributed by atoms with Gasteiger partial charge in [0, 0.05) is 15.1 Å². The van der Waals surface area contributed by atoms with Gasteiger partial charge in [0.2, 0.25) is 0 Å². The van der Waals surface area contributed by atoms with Crippen LogP contribution in [0.5, 0.6) is 11.5 Å². The Hall–Kier alpha value is -3.16. The lowest BCUT2D eigenvalue weighted by molar-refractivity contribution is 0.0728. The number of benzene rings is 3. The Balaban J connectivity index is 1.69. The summed E-state index contributed by atoms with van der Waals surface area (Å²) < 4.78 is 11.9. The predicted molar refractivity (Wildman–Crippen MR) is 123 cm³/mol. The van der Waals surface area contributed by atoms with Gasteiger partial charge in [0.05, 0.1) is 18.4 Å². The fourth-order valence-electron chi connectivity index (χ4n) is 2.53. The number of nitrogens with zero attached hydrogens (tertiary/aromatic N) is 1. The summed E-state index contributed by atoms with van der Waals surface area (Å²) in [5.41, 5.74) is 3.98. The van der Waals surface area contributed by atoms with E-state index >= 15 is 0 Å². The number of hydrogen-bond acceptors (Lipinski definition) is 5. The molecule has 3 aromatic rings. The topological polar surface area (TPSA) is 77.0 Å². The lowest BCUT2D eigenvalue weighted by atomic mass is 10.2. The second-order valence-corrected chi connectivity index (χ2v) is 7.59. The second-order valence-electron chi connectivity index (χ2n) is 6.24. The van der Waals surface area contributed by atoms with Crippen LogP contribution in [0.2, 0.25) is 5.02 Å². The van der Waals surface area contributed by atoms with Crippen LogP contribution >= 0.6 is 27.5 Å². The minimum absolute atomic E-state index is 0.276. The Morgan fingerprint density at radius 1 is 1.00 bits per heavy atom. The summed E-state index contributed by atoms with van der Waals surface area (Å²) in [5.74, 6) is -0.200. The highest BCUT2D eigenvalue weighted by Gasteiger charge is 2.13. The molecule has 0 saturated carbocycles. The Bertz CT molecular complexity index is 1100. The Morgan fingerprint density at radius 2 is 1.68 bits per heavy atom. The highest BCUT2D eigenvalue weighted by Crippen LogP contribution is 2.29. The van der Waals surface area contributed by atoms with Crippen molar-refractivity contribution in [2.75, 3.05) is 6.61 Å². The standard InChI is InChI=1S/C23H18BrClN2O4/c1-2-30-21-13-15(14-26-27-22(28)16-4-8-18(24)9-5-16)3-12-20(21)31-23(29)17-6-10-19(25)11-7-17/h3-14H,2H2,1H3,(H,27,28). The highest BCUT2D eigenvalue weighted by molar-refractivity contribution is 9.10. The molecule has 0 spiro atoms. The molecular weight excluding hydrogens is 484 g/mol. The lowest BCUT2D eigenvalue weighted by Gasteiger charge is -2.11. The minimum Gasteiger partial charge on any atom is -0.490 e. The molecule has 0 radical (unpaired) electrons. The van der Waals surface area contributed by atoms with Crippen LogP contribution in [0.3, 0.4) is 0 Å². The van der Waals surface area contributed by atoms with Gasteiger partial charge in [0.25, 0.3) is 5.91 Å². The van der Waals surface area contributed by atoms with Crippen molar-refractivity contribution in [3.63, 3.8) is 0 Å². The second kappa shape index (κ2) is 10.7. The van der Waals surface area contributed by atoms with E-state index in [0.29, 0.717) is 34.1 Å². The monoisotopic (exact) mass is 500 g/mol. The maximum Gasteiger partial charge on any atom is 0.343 e. The fourth-order valence-corrected chi connectivity index (χ4v) is 2.92. The molecule has 0 aliphatic rings. The number of ether oxygens (including phenoxy) is 2. The van der Waals surface area contributed by atoms with Gasteiger partial charge in [0.1, 0.15) is 0 Å². The van der Waals surface area contributed by atoms with Crippen LogP contribution in [0.1, 0.15) is 33.2 Å². The molecule has 0 saturated heterocycles. The van der Waals surface area contributed by atoms with Crippen molar-refractivity contribution < 1.29 is 19.1 Å². The minimum atomic E-state index is -0.527. The van der Waals surface area contributed by atoms with Gasteiger partial charge in [0.15, 0.2) is 11.5 Å². The van der Waals surface area contributed by atoms with E-state index in [-0.39, 0.29) is 11.7 Å². The van der Waals surface area contributed by atoms with Gasteiger partial charge in [-0.05, 0) is 79.2 Å². The SMILES string of the molecule is CCOc1cc(C=NNC(=O)c2ccc(Br)cc2)ccc1OC(=O)c1ccc(Cl)cc1. The third kappa shape index (κ3) is 6.41. The molecule has 1 amide bonds. The largest absolute Gasteiger partial charge is 0.490 e. The summed E-state index contributed by atoms with van der Waals surface area (Å²) >= 11 is 9.17. The van der Waals surface area contributed by atoms with Crippen molar-refractivity contribution in [3.8, 4) is 11.5 Å². The zero-order valence-electron chi connectivity index (χ0n) is 16.5. The van der Waals surface area contributed by atoms with E-state index in [1.165, 1.54) is 6.21 Å². The number of rotatable bonds is 7. The van der Waals surface area contributed by atoms with E-state index in [0.717, 1.165) is 4.47 Å². The number of hydrazone groups is 1. The van der Waals surface area contributed by atoms with Crippen LogP contribution in [-0.4, -0.2) is 24.7 Å². The molecule has 3 aromatic carbocycles. The molecule has 3 rings (SSSR count). The lowest BCUT2D eigenvalue weighted by Crippen LogP contribution is -2.17. The van der Waals surface area contributed by atoms with Gasteiger partial charge in [-0.3, -0.25) is 4.79 Å². The first-order chi connectivity index (χ1) is 15.0. The molecule has 0 aliphatic heterocycles. The van der Waals surface area contributed by atoms with Crippen molar-refractivity contribution in [1.82, 2.24) is 5.43 Å². The summed E-state index contributed by atoms with van der Waals surface area (Å²) in [5, 5.41) is 4.51. The number of carbonyl (C=O) groups excluding carboxylic acids is 2. The van der Waals surface area contributed by atoms with Gasteiger partial charge in [-0.25, -0.2) is 10.2 Å². The molecule has 1 N–H and O–H groups in total. The summed E-state index contributed by atoms with van der Waals surface area (Å²) in [4.78, 5) is 24.5. The molecule has 0 fully saturated rings. The van der Waals surface area contributed by atoms with E-state index in [1.54, 1.807) is 66.7 Å². The zero-order valence-corrected chi connectivity index (χ0v) is 18.8. The molecule has 0 aliphatic carbocycles. The number of amides is 1. The Kier molecular flexibility index (Phi) is 7.81. The number of esters is 1. The van der Waals surface area contributed by atoms with Crippen molar-refractivity contribution in [2.24, 2.45) is 5.10 Å². The molecule has 0 heterocycles. The zero-order chi connectivity index (χ0) is 22.2. The summed E-state index contributed by atoms with van der Waals surface area (Å²) in [7, 11) is 0. The van der Waals surface area contributed by atoms with Crippen LogP contribution in [0, 0.1) is 0 Å². The maximum atomic E-state index is 12.4. The van der Waals surface area contributed by atoms with Gasteiger partial charge in [-0.15, -0.1) is 0 Å². The quantitative estimate of drug-likeness (QED) is 0.201. The van der Waals surface area contributed by atoms with Crippen LogP contribution in [0.25, 0.3) is 0 Å². The van der Waals surface area contributed by atoms with Gasteiger partial charge in [-0.2, -0.15) is 5.10 Å². The van der Waals surface area contributed by atoms with Crippen LogP contribution < -0.4 is 14.9 Å². The molecule has 0 atom stereocenters. The molecular formula is C23H18BrClN2O4. The number of carbonyl (C=O) groups is 2. The van der Waals surface area contributed by atoms with Crippen LogP contribution in [-0.2, 0) is 0 Å². The van der Waals surface area contributed by atoms with Crippen molar-refractivity contribution in [1.29, 1.82) is 0 Å². The third-order valence-electron chi connectivity index (χ3n) is 4.04. The molecule has 0 aromatic heterocycles. The van der Waals surface area contributed by atoms with Crippen molar-refractivity contribution in [2.45, 2.75) is 6.92 Å². The van der Waals surface area contributed by atoms with Gasteiger partial charge >= 0.3 is 5.97 Å². The van der Waals surface area contributed by atoms with E-state index < -0.39 is 5.97 Å². The molecule has 0 unspecified atom stereocenters. The van der Waals surface area contributed by atoms with Crippen molar-refractivity contribution >= 4 is 45.6 Å². The van der Waals surface area contributed by atoms with Gasteiger partial charge < -0.3 is 9.47 Å². The smallest absolute Gasteiger partial charge is 0.343 e. The number of hydrogen-bond donors (Lipinski definition) is 1. The Labute approximate surface area is 193 Å². The molecule has 158 valence electrons. The molecule has 0 bridgehead atoms. The summed E-state index contributed by atoms with van der Waals surface area (Å²) in [6, 6.07) is 18.3. The third-order valence-corrected chi connectivity index (χ3v) is 4.82. The van der Waals surface area contributed by atoms with E-state index in [2.05, 4.69) is 26.5 Å². The van der Waals surface area contributed by atoms with Gasteiger partial charge in [-0.1, -0.05) is 27.5 Å². The summed E-state index contributed by atoms with van der Waals surface area (Å²) in [6.45, 7) is 2.20. The average Bonchev–Trinajstić information content (AvgIpc) is 2.76. The maximum absolute atomic E-state index is 12.4. The highest BCUT2D eigenvalue weighted by atomic mass is 79.9. The van der Waals surface area contributed by atoms with E-state index in [4.69, 9.17) is 21.1 Å². The predicted octanol–water partition coefficient (Wildman–Crippen LogP) is 5.48. The molecule has 8 heteroatoms. The van der Waals surface area contributed by atoms with E-state index in [9.17, 15) is 9.59 Å². The first-order valence-electron chi connectivity index (χ1n) is 9.30. The van der Waals surface area contributed by atoms with Crippen LogP contribution in [0.15, 0.2) is 76.3 Å². The van der Waals surface area contributed by atoms with E-state index in [1.807, 2.05) is 6.92 Å². The molecule has 31 heavy (non-hydrogen) atoms. The normalized spacial score (nSPS) is 10.7. The number of nitrogens with one attached hydrogen (secondary N) is 1. The Morgan fingerprint density at radius 3 is 2.35 bits per heavy atom.